The lowest BCUT2D eigenvalue weighted by Gasteiger charge is -2.21. The van der Waals surface area contributed by atoms with Crippen LogP contribution in [-0.2, 0) is 14.8 Å². The van der Waals surface area contributed by atoms with Crippen molar-refractivity contribution < 1.29 is 17.9 Å². The van der Waals surface area contributed by atoms with Crippen LogP contribution in [0.3, 0.4) is 0 Å². The molecule has 1 unspecified atom stereocenters. The van der Waals surface area contributed by atoms with Crippen LogP contribution in [0.5, 0.6) is 5.88 Å². The van der Waals surface area contributed by atoms with Crippen molar-refractivity contribution in [3.8, 4) is 5.88 Å². The minimum Gasteiger partial charge on any atom is -0.465 e. The lowest BCUT2D eigenvalue weighted by atomic mass is 10.3. The number of amides is 1. The molecule has 21 heavy (non-hydrogen) atoms. The molecule has 0 aromatic carbocycles. The van der Waals surface area contributed by atoms with E-state index in [1.807, 2.05) is 0 Å². The van der Waals surface area contributed by atoms with E-state index in [0.717, 1.165) is 6.26 Å². The molecule has 1 aliphatic rings. The Morgan fingerprint density at radius 1 is 1.52 bits per heavy atom. The van der Waals surface area contributed by atoms with E-state index in [9.17, 15) is 13.2 Å². The third-order valence-electron chi connectivity index (χ3n) is 3.16. The van der Waals surface area contributed by atoms with Gasteiger partial charge in [-0.25, -0.2) is 18.1 Å². The number of carbonyl (C=O) groups is 1. The van der Waals surface area contributed by atoms with Crippen molar-refractivity contribution in [3.05, 3.63) is 24.4 Å². The maximum atomic E-state index is 12.3. The maximum absolute atomic E-state index is 12.3. The highest BCUT2D eigenvalue weighted by Crippen LogP contribution is 2.14. The van der Waals surface area contributed by atoms with Crippen molar-refractivity contribution in [3.63, 3.8) is 0 Å². The van der Waals surface area contributed by atoms with Gasteiger partial charge in [0.1, 0.15) is 0 Å². The fourth-order valence-corrected chi connectivity index (χ4v) is 3.06. The van der Waals surface area contributed by atoms with E-state index < -0.39 is 16.1 Å². The van der Waals surface area contributed by atoms with Crippen LogP contribution in [0.1, 0.15) is 13.3 Å². The molecular weight excluding hydrogens is 294 g/mol. The predicted octanol–water partition coefficient (Wildman–Crippen LogP) is -0.001000. The van der Waals surface area contributed by atoms with Gasteiger partial charge in [-0.15, -0.1) is 0 Å². The van der Waals surface area contributed by atoms with Crippen molar-refractivity contribution in [2.75, 3.05) is 19.3 Å². The molecule has 2 heterocycles. The van der Waals surface area contributed by atoms with Crippen LogP contribution in [0.2, 0.25) is 0 Å². The molecule has 8 heteroatoms. The number of nitrogens with one attached hydrogen (secondary N) is 1. The topological polar surface area (TPSA) is 88.6 Å². The van der Waals surface area contributed by atoms with Crippen LogP contribution < -0.4 is 9.46 Å². The molecular formula is C13H19N3O4S. The molecule has 1 aromatic heterocycles. The van der Waals surface area contributed by atoms with Gasteiger partial charge in [-0.05, 0) is 19.4 Å². The number of rotatable bonds is 5. The number of likely N-dealkylation sites (tertiary alicyclic amines) is 1. The van der Waals surface area contributed by atoms with Gasteiger partial charge in [-0.3, -0.25) is 4.79 Å². The number of sulfonamides is 1. The third kappa shape index (κ3) is 4.68. The van der Waals surface area contributed by atoms with Gasteiger partial charge in [0.25, 0.3) is 5.91 Å². The molecule has 116 valence electrons. The van der Waals surface area contributed by atoms with Gasteiger partial charge in [-0.2, -0.15) is 0 Å². The monoisotopic (exact) mass is 313 g/mol. The summed E-state index contributed by atoms with van der Waals surface area (Å²) in [6, 6.07) is 5.00. The molecule has 0 aliphatic carbocycles. The van der Waals surface area contributed by atoms with E-state index in [-0.39, 0.29) is 11.9 Å². The second-order valence-electron chi connectivity index (χ2n) is 5.09. The molecule has 7 nitrogen and oxygen atoms in total. The smallest absolute Gasteiger partial charge is 0.263 e. The lowest BCUT2D eigenvalue weighted by Crippen LogP contribution is -2.42. The van der Waals surface area contributed by atoms with Crippen molar-refractivity contribution in [2.45, 2.75) is 25.5 Å². The molecule has 1 amide bonds. The van der Waals surface area contributed by atoms with Gasteiger partial charge in [0.15, 0.2) is 6.10 Å². The van der Waals surface area contributed by atoms with Crippen LogP contribution in [0.4, 0.5) is 0 Å². The summed E-state index contributed by atoms with van der Waals surface area (Å²) in [5, 5.41) is 0. The first kappa shape index (κ1) is 15.7. The Hall–Kier alpha value is -1.67. The molecule has 2 rings (SSSR count). The zero-order valence-electron chi connectivity index (χ0n) is 12.0. The molecule has 0 radical (unpaired) electrons. The first-order chi connectivity index (χ1) is 9.85. The van der Waals surface area contributed by atoms with E-state index in [0.29, 0.717) is 25.4 Å². The molecule has 1 aliphatic heterocycles. The normalized spacial score (nSPS) is 20.3. The summed E-state index contributed by atoms with van der Waals surface area (Å²) in [5.74, 6) is 0.224. The Morgan fingerprint density at radius 2 is 2.29 bits per heavy atom. The Labute approximate surface area is 124 Å². The number of hydrogen-bond donors (Lipinski definition) is 1. The Bertz CT molecular complexity index is 591. The summed E-state index contributed by atoms with van der Waals surface area (Å²) < 4.78 is 30.4. The highest BCUT2D eigenvalue weighted by molar-refractivity contribution is 7.88. The molecule has 1 fully saturated rings. The van der Waals surface area contributed by atoms with Gasteiger partial charge in [0.2, 0.25) is 15.9 Å². The SMILES string of the molecule is CC(Oc1ccccn1)C(=O)N1CC[C@H](NS(C)(=O)=O)C1. The van der Waals surface area contributed by atoms with Gasteiger partial charge in [-0.1, -0.05) is 6.07 Å². The zero-order chi connectivity index (χ0) is 15.5. The highest BCUT2D eigenvalue weighted by atomic mass is 32.2. The van der Waals surface area contributed by atoms with E-state index in [1.54, 1.807) is 36.2 Å². The summed E-state index contributed by atoms with van der Waals surface area (Å²) in [7, 11) is -3.25. The summed E-state index contributed by atoms with van der Waals surface area (Å²) >= 11 is 0. The van der Waals surface area contributed by atoms with Crippen LogP contribution >= 0.6 is 0 Å². The van der Waals surface area contributed by atoms with Gasteiger partial charge in [0, 0.05) is 31.4 Å². The number of nitrogens with zero attached hydrogens (tertiary/aromatic N) is 2. The number of ether oxygens (including phenoxy) is 1. The number of carbonyl (C=O) groups excluding carboxylic acids is 1. The Kier molecular flexibility index (Phi) is 4.79. The summed E-state index contributed by atoms with van der Waals surface area (Å²) in [4.78, 5) is 17.9. The van der Waals surface area contributed by atoms with Crippen molar-refractivity contribution >= 4 is 15.9 Å². The molecule has 1 N–H and O–H groups in total. The molecule has 1 saturated heterocycles. The minimum absolute atomic E-state index is 0.168. The number of hydrogen-bond acceptors (Lipinski definition) is 5. The van der Waals surface area contributed by atoms with E-state index in [1.165, 1.54) is 0 Å². The average Bonchev–Trinajstić information content (AvgIpc) is 2.85. The van der Waals surface area contributed by atoms with Crippen LogP contribution in [0.25, 0.3) is 0 Å². The van der Waals surface area contributed by atoms with E-state index >= 15 is 0 Å². The molecule has 1 aromatic rings. The minimum atomic E-state index is -3.25. The van der Waals surface area contributed by atoms with Gasteiger partial charge >= 0.3 is 0 Å². The predicted molar refractivity (Wildman–Crippen MR) is 77.3 cm³/mol. The van der Waals surface area contributed by atoms with Crippen LogP contribution in [0, 0.1) is 0 Å². The maximum Gasteiger partial charge on any atom is 0.263 e. The fraction of sp³-hybridized carbons (Fsp3) is 0.538. The van der Waals surface area contributed by atoms with Gasteiger partial charge in [0.05, 0.1) is 6.26 Å². The molecule has 2 atom stereocenters. The standard InChI is InChI=1S/C13H19N3O4S/c1-10(20-12-5-3-4-7-14-12)13(17)16-8-6-11(9-16)15-21(2,18)19/h3-5,7,10-11,15H,6,8-9H2,1-2H3/t10?,11-/m0/s1. The third-order valence-corrected chi connectivity index (χ3v) is 3.93. The quantitative estimate of drug-likeness (QED) is 0.826. The lowest BCUT2D eigenvalue weighted by molar-refractivity contribution is -0.137. The second-order valence-corrected chi connectivity index (χ2v) is 6.87. The first-order valence-corrected chi connectivity index (χ1v) is 8.58. The van der Waals surface area contributed by atoms with Crippen LogP contribution in [0.15, 0.2) is 24.4 Å². The van der Waals surface area contributed by atoms with E-state index in [4.69, 9.17) is 4.74 Å². The Balaban J connectivity index is 1.89. The first-order valence-electron chi connectivity index (χ1n) is 6.69. The zero-order valence-corrected chi connectivity index (χ0v) is 12.8. The average molecular weight is 313 g/mol. The van der Waals surface area contributed by atoms with E-state index in [2.05, 4.69) is 9.71 Å². The summed E-state index contributed by atoms with van der Waals surface area (Å²) in [6.45, 7) is 2.54. The van der Waals surface area contributed by atoms with Gasteiger partial charge < -0.3 is 9.64 Å². The summed E-state index contributed by atoms with van der Waals surface area (Å²) in [5.41, 5.74) is 0. The second kappa shape index (κ2) is 6.40. The molecule has 0 bridgehead atoms. The largest absolute Gasteiger partial charge is 0.465 e. The van der Waals surface area contributed by atoms with Crippen molar-refractivity contribution in [2.24, 2.45) is 0 Å². The number of pyridine rings is 1. The number of aromatic nitrogens is 1. The molecule has 0 saturated carbocycles. The molecule has 0 spiro atoms. The van der Waals surface area contributed by atoms with Crippen LogP contribution in [-0.4, -0.2) is 55.7 Å². The van der Waals surface area contributed by atoms with Crippen molar-refractivity contribution in [1.82, 2.24) is 14.6 Å². The highest BCUT2D eigenvalue weighted by Gasteiger charge is 2.31. The Morgan fingerprint density at radius 3 is 2.90 bits per heavy atom. The summed E-state index contributed by atoms with van der Waals surface area (Å²) in [6.07, 6.45) is 2.66. The van der Waals surface area contributed by atoms with Crippen molar-refractivity contribution in [1.29, 1.82) is 0 Å². The fourth-order valence-electron chi connectivity index (χ4n) is 2.26.